The molecule has 1 unspecified atom stereocenters. The van der Waals surface area contributed by atoms with Crippen LogP contribution in [0.15, 0.2) is 23.4 Å². The Hall–Kier alpha value is -2.52. The molecule has 8 nitrogen and oxygen atoms in total. The van der Waals surface area contributed by atoms with Crippen LogP contribution in [0.3, 0.4) is 0 Å². The minimum atomic E-state index is -0.650. The van der Waals surface area contributed by atoms with Gasteiger partial charge in [0, 0.05) is 17.3 Å². The maximum Gasteiger partial charge on any atom is 0.344 e. The van der Waals surface area contributed by atoms with E-state index in [4.69, 9.17) is 42.8 Å². The van der Waals surface area contributed by atoms with Crippen molar-refractivity contribution in [2.75, 3.05) is 26.9 Å². The van der Waals surface area contributed by atoms with Crippen LogP contribution in [0.1, 0.15) is 32.4 Å². The standard InChI is InChI=1S/C19H23ClN2O6S/c1-5-26-15(23)9-28-14-8-12(20)11(7-13(14)25-4)17-16(18(24)27-6-2)10(3)21-19(29)22-17/h7-8,17H,5-6,9H2,1-4H3,(H2,21,22,29). The molecule has 0 fully saturated rings. The van der Waals surface area contributed by atoms with Crippen LogP contribution >= 0.6 is 23.8 Å². The van der Waals surface area contributed by atoms with Crippen LogP contribution in [0.25, 0.3) is 0 Å². The normalized spacial score (nSPS) is 15.9. The third-order valence-electron chi connectivity index (χ3n) is 4.01. The summed E-state index contributed by atoms with van der Waals surface area (Å²) in [5.74, 6) is -0.400. The Balaban J connectivity index is 2.42. The van der Waals surface area contributed by atoms with E-state index in [0.717, 1.165) is 0 Å². The number of thiocarbonyl (C=S) groups is 1. The van der Waals surface area contributed by atoms with Crippen molar-refractivity contribution in [2.45, 2.75) is 26.8 Å². The summed E-state index contributed by atoms with van der Waals surface area (Å²) in [6.07, 6.45) is 0. The van der Waals surface area contributed by atoms with Gasteiger partial charge in [-0.05, 0) is 39.1 Å². The summed E-state index contributed by atoms with van der Waals surface area (Å²) in [6.45, 7) is 5.35. The third-order valence-corrected chi connectivity index (χ3v) is 4.56. The lowest BCUT2D eigenvalue weighted by Crippen LogP contribution is -2.45. The molecule has 29 heavy (non-hydrogen) atoms. The van der Waals surface area contributed by atoms with Gasteiger partial charge in [-0.2, -0.15) is 0 Å². The first-order chi connectivity index (χ1) is 13.8. The summed E-state index contributed by atoms with van der Waals surface area (Å²) < 4.78 is 20.9. The number of benzene rings is 1. The highest BCUT2D eigenvalue weighted by Gasteiger charge is 2.33. The Morgan fingerprint density at radius 2 is 1.86 bits per heavy atom. The quantitative estimate of drug-likeness (QED) is 0.465. The second-order valence-electron chi connectivity index (χ2n) is 5.91. The number of allylic oxidation sites excluding steroid dienone is 1. The van der Waals surface area contributed by atoms with Crippen molar-refractivity contribution in [2.24, 2.45) is 0 Å². The topological polar surface area (TPSA) is 95.1 Å². The summed E-state index contributed by atoms with van der Waals surface area (Å²) in [7, 11) is 1.46. The number of rotatable bonds is 8. The summed E-state index contributed by atoms with van der Waals surface area (Å²) in [4.78, 5) is 24.1. The van der Waals surface area contributed by atoms with Gasteiger partial charge in [0.2, 0.25) is 0 Å². The largest absolute Gasteiger partial charge is 0.493 e. The van der Waals surface area contributed by atoms with E-state index in [1.54, 1.807) is 26.8 Å². The van der Waals surface area contributed by atoms with Crippen LogP contribution in [0.5, 0.6) is 11.5 Å². The molecule has 0 saturated heterocycles. The van der Waals surface area contributed by atoms with E-state index in [1.165, 1.54) is 13.2 Å². The molecule has 2 N–H and O–H groups in total. The van der Waals surface area contributed by atoms with E-state index in [9.17, 15) is 9.59 Å². The molecule has 0 bridgehead atoms. The van der Waals surface area contributed by atoms with Crippen LogP contribution in [0, 0.1) is 0 Å². The van der Waals surface area contributed by atoms with Crippen molar-refractivity contribution in [1.82, 2.24) is 10.6 Å². The molecular weight excluding hydrogens is 420 g/mol. The number of hydrogen-bond donors (Lipinski definition) is 2. The summed E-state index contributed by atoms with van der Waals surface area (Å²) in [5.41, 5.74) is 1.46. The summed E-state index contributed by atoms with van der Waals surface area (Å²) in [5, 5.41) is 6.60. The smallest absolute Gasteiger partial charge is 0.344 e. The molecule has 0 radical (unpaired) electrons. The highest BCUT2D eigenvalue weighted by Crippen LogP contribution is 2.39. The second-order valence-corrected chi connectivity index (χ2v) is 6.72. The number of carbonyl (C=O) groups is 2. The highest BCUT2D eigenvalue weighted by atomic mass is 35.5. The van der Waals surface area contributed by atoms with Crippen molar-refractivity contribution in [1.29, 1.82) is 0 Å². The van der Waals surface area contributed by atoms with Gasteiger partial charge in [-0.15, -0.1) is 0 Å². The average Bonchev–Trinajstić information content (AvgIpc) is 2.66. The highest BCUT2D eigenvalue weighted by molar-refractivity contribution is 7.80. The first-order valence-electron chi connectivity index (χ1n) is 8.93. The van der Waals surface area contributed by atoms with Crippen LogP contribution < -0.4 is 20.1 Å². The third kappa shape index (κ3) is 5.51. The van der Waals surface area contributed by atoms with Gasteiger partial charge in [-0.25, -0.2) is 9.59 Å². The van der Waals surface area contributed by atoms with Gasteiger partial charge in [0.15, 0.2) is 23.2 Å². The summed E-state index contributed by atoms with van der Waals surface area (Å²) in [6, 6.07) is 2.49. The van der Waals surface area contributed by atoms with Crippen LogP contribution in [-0.2, 0) is 19.1 Å². The molecule has 1 aromatic rings. The van der Waals surface area contributed by atoms with Gasteiger partial charge in [0.25, 0.3) is 0 Å². The van der Waals surface area contributed by atoms with Gasteiger partial charge < -0.3 is 29.6 Å². The van der Waals surface area contributed by atoms with E-state index >= 15 is 0 Å². The summed E-state index contributed by atoms with van der Waals surface area (Å²) >= 11 is 11.7. The minimum absolute atomic E-state index is 0.227. The van der Waals surface area contributed by atoms with Crippen molar-refractivity contribution in [3.05, 3.63) is 34.0 Å². The van der Waals surface area contributed by atoms with Crippen molar-refractivity contribution in [3.63, 3.8) is 0 Å². The minimum Gasteiger partial charge on any atom is -0.493 e. The number of hydrogen-bond acceptors (Lipinski definition) is 7. The lowest BCUT2D eigenvalue weighted by atomic mass is 9.95. The van der Waals surface area contributed by atoms with Crippen LogP contribution in [0.4, 0.5) is 0 Å². The van der Waals surface area contributed by atoms with Gasteiger partial charge in [-0.1, -0.05) is 11.6 Å². The van der Waals surface area contributed by atoms with E-state index in [1.807, 2.05) is 0 Å². The van der Waals surface area contributed by atoms with E-state index in [-0.39, 0.29) is 25.6 Å². The maximum absolute atomic E-state index is 12.5. The van der Waals surface area contributed by atoms with Gasteiger partial charge >= 0.3 is 11.9 Å². The Morgan fingerprint density at radius 3 is 2.48 bits per heavy atom. The SMILES string of the molecule is CCOC(=O)COc1cc(Cl)c(C2NC(=S)NC(C)=C2C(=O)OCC)cc1OC. The average molecular weight is 443 g/mol. The van der Waals surface area contributed by atoms with E-state index in [0.29, 0.717) is 32.7 Å². The maximum atomic E-state index is 12.5. The fraction of sp³-hybridized carbons (Fsp3) is 0.421. The molecule has 1 atom stereocenters. The number of esters is 2. The van der Waals surface area contributed by atoms with E-state index < -0.39 is 18.0 Å². The number of ether oxygens (including phenoxy) is 4. The second kappa shape index (κ2) is 10.3. The van der Waals surface area contributed by atoms with Crippen LogP contribution in [0.2, 0.25) is 5.02 Å². The Bertz CT molecular complexity index is 842. The van der Waals surface area contributed by atoms with Crippen molar-refractivity contribution < 1.29 is 28.5 Å². The molecule has 158 valence electrons. The molecule has 0 saturated carbocycles. The van der Waals surface area contributed by atoms with Crippen molar-refractivity contribution in [3.8, 4) is 11.5 Å². The lowest BCUT2D eigenvalue weighted by molar-refractivity contribution is -0.145. The molecule has 1 heterocycles. The Kier molecular flexibility index (Phi) is 8.10. The lowest BCUT2D eigenvalue weighted by Gasteiger charge is -2.30. The van der Waals surface area contributed by atoms with Gasteiger partial charge in [0.1, 0.15) is 0 Å². The first kappa shape index (κ1) is 22.8. The first-order valence-corrected chi connectivity index (χ1v) is 9.72. The number of methoxy groups -OCH3 is 1. The predicted molar refractivity (Wildman–Crippen MR) is 111 cm³/mol. The zero-order chi connectivity index (χ0) is 21.6. The van der Waals surface area contributed by atoms with Crippen LogP contribution in [-0.4, -0.2) is 44.0 Å². The molecule has 0 aliphatic carbocycles. The zero-order valence-corrected chi connectivity index (χ0v) is 18.2. The molecule has 0 amide bonds. The Morgan fingerprint density at radius 1 is 1.17 bits per heavy atom. The zero-order valence-electron chi connectivity index (χ0n) is 16.6. The fourth-order valence-corrected chi connectivity index (χ4v) is 3.32. The van der Waals surface area contributed by atoms with E-state index in [2.05, 4.69) is 10.6 Å². The predicted octanol–water partition coefficient (Wildman–Crippen LogP) is 2.65. The monoisotopic (exact) mass is 442 g/mol. The molecule has 1 aromatic carbocycles. The molecule has 1 aliphatic rings. The molecule has 2 rings (SSSR count). The molecule has 10 heteroatoms. The van der Waals surface area contributed by atoms with Gasteiger partial charge in [-0.3, -0.25) is 0 Å². The fourth-order valence-electron chi connectivity index (χ4n) is 2.79. The molecule has 1 aliphatic heterocycles. The number of carbonyl (C=O) groups excluding carboxylic acids is 2. The Labute approximate surface area is 179 Å². The number of nitrogens with one attached hydrogen (secondary N) is 2. The molecule has 0 aromatic heterocycles. The molecule has 0 spiro atoms. The van der Waals surface area contributed by atoms with Crippen molar-refractivity contribution >= 4 is 40.9 Å². The number of halogens is 1. The molecular formula is C19H23ClN2O6S. The van der Waals surface area contributed by atoms with Gasteiger partial charge in [0.05, 0.1) is 37.0 Å².